The molecule has 332 valence electrons. The van der Waals surface area contributed by atoms with Crippen LogP contribution in [0.4, 0.5) is 0 Å². The van der Waals surface area contributed by atoms with Crippen molar-refractivity contribution in [1.82, 2.24) is 5.32 Å². The maximum absolute atomic E-state index is 13.1. The quantitative estimate of drug-likeness (QED) is 0.0324. The summed E-state index contributed by atoms with van der Waals surface area (Å²) in [5.41, 5.74) is 0. The Balaban J connectivity index is 4.73. The molecule has 3 unspecified atom stereocenters. The van der Waals surface area contributed by atoms with Gasteiger partial charge in [-0.1, -0.05) is 223 Å². The zero-order valence-electron chi connectivity index (χ0n) is 37.7. The van der Waals surface area contributed by atoms with E-state index in [1.165, 1.54) is 135 Å². The first-order chi connectivity index (χ1) is 28.0. The van der Waals surface area contributed by atoms with Crippen LogP contribution in [-0.4, -0.2) is 46.9 Å². The van der Waals surface area contributed by atoms with Crippen LogP contribution in [-0.2, 0) is 14.3 Å². The van der Waals surface area contributed by atoms with Crippen molar-refractivity contribution in [1.29, 1.82) is 0 Å². The SMILES string of the molecule is CCCCC/C=C\C/C=C\C/C=C\C/C=C\CC(CC(=O)NC(CO)C(O)CCCCCCCCCCCC)OC(=O)CCCCCCCCCCCCCCC. The number of allylic oxidation sites excluding steroid dienone is 7. The Bertz CT molecular complexity index is 988. The molecule has 0 spiro atoms. The van der Waals surface area contributed by atoms with E-state index in [4.69, 9.17) is 4.74 Å². The molecule has 1 amide bonds. The van der Waals surface area contributed by atoms with Gasteiger partial charge in [0.25, 0.3) is 0 Å². The van der Waals surface area contributed by atoms with E-state index in [-0.39, 0.29) is 24.9 Å². The molecule has 0 aliphatic carbocycles. The van der Waals surface area contributed by atoms with Crippen molar-refractivity contribution in [2.45, 2.75) is 257 Å². The van der Waals surface area contributed by atoms with Crippen LogP contribution in [0.15, 0.2) is 48.6 Å². The first-order valence-corrected chi connectivity index (χ1v) is 24.4. The number of nitrogens with one attached hydrogen (secondary N) is 1. The topological polar surface area (TPSA) is 95.9 Å². The number of unbranched alkanes of at least 4 members (excludes halogenated alkanes) is 24. The second kappa shape index (κ2) is 44.9. The maximum atomic E-state index is 13.1. The Kier molecular flexibility index (Phi) is 43.2. The smallest absolute Gasteiger partial charge is 0.306 e. The average Bonchev–Trinajstić information content (AvgIpc) is 3.20. The van der Waals surface area contributed by atoms with Gasteiger partial charge in [-0.2, -0.15) is 0 Å². The number of carbonyl (C=O) groups is 2. The highest BCUT2D eigenvalue weighted by atomic mass is 16.5. The van der Waals surface area contributed by atoms with E-state index in [0.717, 1.165) is 57.8 Å². The Hall–Kier alpha value is -2.18. The van der Waals surface area contributed by atoms with E-state index >= 15 is 0 Å². The number of carbonyl (C=O) groups excluding carboxylic acids is 2. The number of hydrogen-bond donors (Lipinski definition) is 3. The molecule has 3 N–H and O–H groups in total. The van der Waals surface area contributed by atoms with Gasteiger partial charge in [0.15, 0.2) is 0 Å². The molecule has 0 aromatic rings. The molecular formula is C51H93NO5. The van der Waals surface area contributed by atoms with E-state index in [9.17, 15) is 19.8 Å². The Morgan fingerprint density at radius 2 is 0.930 bits per heavy atom. The lowest BCUT2D eigenvalue weighted by Gasteiger charge is -2.24. The molecule has 0 heterocycles. The van der Waals surface area contributed by atoms with Crippen molar-refractivity contribution in [2.24, 2.45) is 0 Å². The third kappa shape index (κ3) is 40.4. The Labute approximate surface area is 353 Å². The highest BCUT2D eigenvalue weighted by Gasteiger charge is 2.23. The molecular weight excluding hydrogens is 707 g/mol. The van der Waals surface area contributed by atoms with E-state index in [0.29, 0.717) is 19.3 Å². The van der Waals surface area contributed by atoms with Gasteiger partial charge in [0.1, 0.15) is 6.10 Å². The second-order valence-corrected chi connectivity index (χ2v) is 16.5. The fourth-order valence-corrected chi connectivity index (χ4v) is 7.17. The molecule has 0 aromatic carbocycles. The predicted molar refractivity (Wildman–Crippen MR) is 245 cm³/mol. The number of rotatable bonds is 43. The highest BCUT2D eigenvalue weighted by molar-refractivity contribution is 5.77. The number of ether oxygens (including phenoxy) is 1. The molecule has 0 rings (SSSR count). The van der Waals surface area contributed by atoms with Gasteiger partial charge in [0, 0.05) is 12.8 Å². The van der Waals surface area contributed by atoms with E-state index in [2.05, 4.69) is 68.6 Å². The fourth-order valence-electron chi connectivity index (χ4n) is 7.17. The molecule has 0 radical (unpaired) electrons. The summed E-state index contributed by atoms with van der Waals surface area (Å²) in [4.78, 5) is 26.0. The standard InChI is InChI=1S/C51H93NO5/c1-4-7-10-13-16-19-22-24-25-27-28-30-33-36-39-42-47(57-51(56)44-41-38-35-32-29-26-23-20-17-14-11-8-5-2)45-50(55)52-48(46-53)49(54)43-40-37-34-31-21-18-15-12-9-6-3/h16,19,24-25,28,30,36,39,47-49,53-54H,4-15,17-18,20-23,26-27,29,31-35,37-38,40-46H2,1-3H3,(H,52,55)/b19-16-,25-24-,30-28-,39-36-. The number of hydrogen-bond acceptors (Lipinski definition) is 5. The van der Waals surface area contributed by atoms with Crippen LogP contribution in [0.1, 0.15) is 239 Å². The number of aliphatic hydroxyl groups is 2. The average molecular weight is 800 g/mol. The summed E-state index contributed by atoms with van der Waals surface area (Å²) in [6.45, 7) is 6.41. The first kappa shape index (κ1) is 54.8. The minimum atomic E-state index is -0.807. The minimum absolute atomic E-state index is 0.00381. The second-order valence-electron chi connectivity index (χ2n) is 16.5. The van der Waals surface area contributed by atoms with E-state index < -0.39 is 18.2 Å². The van der Waals surface area contributed by atoms with Crippen LogP contribution in [0.25, 0.3) is 0 Å². The largest absolute Gasteiger partial charge is 0.461 e. The van der Waals surface area contributed by atoms with Gasteiger partial charge < -0.3 is 20.3 Å². The first-order valence-electron chi connectivity index (χ1n) is 24.4. The van der Waals surface area contributed by atoms with Crippen LogP contribution >= 0.6 is 0 Å². The van der Waals surface area contributed by atoms with Crippen LogP contribution in [0.5, 0.6) is 0 Å². The molecule has 0 aliphatic heterocycles. The minimum Gasteiger partial charge on any atom is -0.461 e. The molecule has 0 aromatic heterocycles. The molecule has 0 saturated carbocycles. The molecule has 0 aliphatic rings. The summed E-state index contributed by atoms with van der Waals surface area (Å²) in [6.07, 6.45) is 53.3. The highest BCUT2D eigenvalue weighted by Crippen LogP contribution is 2.16. The van der Waals surface area contributed by atoms with Gasteiger partial charge >= 0.3 is 5.97 Å². The van der Waals surface area contributed by atoms with Gasteiger partial charge in [-0.15, -0.1) is 0 Å². The van der Waals surface area contributed by atoms with Crippen molar-refractivity contribution >= 4 is 11.9 Å². The van der Waals surface area contributed by atoms with Gasteiger partial charge in [-0.25, -0.2) is 0 Å². The van der Waals surface area contributed by atoms with Gasteiger partial charge in [-0.05, 0) is 44.9 Å². The zero-order valence-corrected chi connectivity index (χ0v) is 37.7. The lowest BCUT2D eigenvalue weighted by molar-refractivity contribution is -0.150. The van der Waals surface area contributed by atoms with E-state index in [1.54, 1.807) is 0 Å². The summed E-state index contributed by atoms with van der Waals surface area (Å²) < 4.78 is 5.85. The third-order valence-electron chi connectivity index (χ3n) is 10.9. The van der Waals surface area contributed by atoms with Crippen molar-refractivity contribution < 1.29 is 24.5 Å². The Morgan fingerprint density at radius 1 is 0.526 bits per heavy atom. The molecule has 6 nitrogen and oxygen atoms in total. The predicted octanol–water partition coefficient (Wildman–Crippen LogP) is 14.3. The van der Waals surface area contributed by atoms with Crippen molar-refractivity contribution in [3.8, 4) is 0 Å². The van der Waals surface area contributed by atoms with Gasteiger partial charge in [0.05, 0.1) is 25.2 Å². The van der Waals surface area contributed by atoms with Crippen LogP contribution in [0, 0.1) is 0 Å². The maximum Gasteiger partial charge on any atom is 0.306 e. The molecule has 0 bridgehead atoms. The van der Waals surface area contributed by atoms with Crippen LogP contribution in [0.3, 0.4) is 0 Å². The van der Waals surface area contributed by atoms with Gasteiger partial charge in [0.2, 0.25) is 5.91 Å². The Morgan fingerprint density at radius 3 is 1.40 bits per heavy atom. The normalized spacial score (nSPS) is 13.7. The number of aliphatic hydroxyl groups excluding tert-OH is 2. The zero-order chi connectivity index (χ0) is 41.7. The summed E-state index contributed by atoms with van der Waals surface area (Å²) in [7, 11) is 0. The lowest BCUT2D eigenvalue weighted by Crippen LogP contribution is -2.46. The molecule has 3 atom stereocenters. The van der Waals surface area contributed by atoms with Crippen molar-refractivity contribution in [2.75, 3.05) is 6.61 Å². The monoisotopic (exact) mass is 800 g/mol. The summed E-state index contributed by atoms with van der Waals surface area (Å²) in [5.74, 6) is -0.572. The van der Waals surface area contributed by atoms with E-state index in [1.807, 2.05) is 6.08 Å². The summed E-state index contributed by atoms with van der Waals surface area (Å²) >= 11 is 0. The fraction of sp³-hybridized carbons (Fsp3) is 0.804. The molecule has 57 heavy (non-hydrogen) atoms. The van der Waals surface area contributed by atoms with Gasteiger partial charge in [-0.3, -0.25) is 9.59 Å². The summed E-state index contributed by atoms with van der Waals surface area (Å²) in [5, 5.41) is 23.6. The molecule has 6 heteroatoms. The molecule has 0 fully saturated rings. The van der Waals surface area contributed by atoms with Crippen LogP contribution in [0.2, 0.25) is 0 Å². The van der Waals surface area contributed by atoms with Crippen molar-refractivity contribution in [3.63, 3.8) is 0 Å². The number of amides is 1. The van der Waals surface area contributed by atoms with Crippen LogP contribution < -0.4 is 5.32 Å². The summed E-state index contributed by atoms with van der Waals surface area (Å²) in [6, 6.07) is -0.727. The lowest BCUT2D eigenvalue weighted by atomic mass is 10.0. The third-order valence-corrected chi connectivity index (χ3v) is 10.9. The molecule has 0 saturated heterocycles. The number of esters is 1. The van der Waals surface area contributed by atoms with Crippen molar-refractivity contribution in [3.05, 3.63) is 48.6 Å².